The van der Waals surface area contributed by atoms with E-state index in [4.69, 9.17) is 19.9 Å². The minimum Gasteiger partial charge on any atom is -0.432 e. The summed E-state index contributed by atoms with van der Waals surface area (Å²) in [5.41, 5.74) is 5.68. The van der Waals surface area contributed by atoms with E-state index in [9.17, 15) is 35.9 Å². The monoisotopic (exact) mass is 566 g/mol. The Labute approximate surface area is 219 Å². The lowest BCUT2D eigenvalue weighted by atomic mass is 10.0. The number of amides is 1. The normalized spacial score (nSPS) is 15.2. The predicted molar refractivity (Wildman–Crippen MR) is 122 cm³/mol. The standard InChI is InChI=1S/C24H28F6N4O5/c1-12(2)38-23(36)39-13(3)37-11-19-20-10-33(4-5-34(20)22(32-19)24(28,29)30)21(35)8-15(31)6-14-7-17(26)18(27)9-16(14)25/h7,9,12-13,15H,4-6,8,10-11,31H2,1-3H3/t13?,15-/m1/s1. The molecule has 2 heterocycles. The molecule has 1 aliphatic heterocycles. The number of nitrogens with zero attached hydrogens (tertiary/aromatic N) is 3. The number of nitrogens with two attached hydrogens (primary N) is 1. The number of aromatic nitrogens is 2. The topological polar surface area (TPSA) is 109 Å². The fraction of sp³-hybridized carbons (Fsp3) is 0.542. The Balaban J connectivity index is 1.69. The van der Waals surface area contributed by atoms with Gasteiger partial charge in [-0.25, -0.2) is 22.9 Å². The molecule has 2 atom stereocenters. The second-order valence-electron chi connectivity index (χ2n) is 9.23. The van der Waals surface area contributed by atoms with E-state index in [2.05, 4.69) is 4.98 Å². The fourth-order valence-corrected chi connectivity index (χ4v) is 3.99. The first-order valence-corrected chi connectivity index (χ1v) is 12.0. The first-order valence-electron chi connectivity index (χ1n) is 12.0. The van der Waals surface area contributed by atoms with Gasteiger partial charge in [0.05, 0.1) is 30.6 Å². The molecule has 9 nitrogen and oxygen atoms in total. The Morgan fingerprint density at radius 1 is 1.05 bits per heavy atom. The number of fused-ring (bicyclic) bond motifs is 1. The van der Waals surface area contributed by atoms with E-state index in [1.54, 1.807) is 13.8 Å². The molecule has 0 saturated carbocycles. The van der Waals surface area contributed by atoms with Crippen LogP contribution in [0.25, 0.3) is 0 Å². The largest absolute Gasteiger partial charge is 0.510 e. The second-order valence-corrected chi connectivity index (χ2v) is 9.23. The minimum absolute atomic E-state index is 0.0686. The van der Waals surface area contributed by atoms with Gasteiger partial charge < -0.3 is 29.4 Å². The molecule has 0 spiro atoms. The number of carbonyl (C=O) groups is 2. The first-order chi connectivity index (χ1) is 18.1. The van der Waals surface area contributed by atoms with Crippen molar-refractivity contribution in [3.05, 3.63) is 52.4 Å². The summed E-state index contributed by atoms with van der Waals surface area (Å²) in [5.74, 6) is -5.34. The van der Waals surface area contributed by atoms with Gasteiger partial charge in [0.25, 0.3) is 0 Å². The maximum Gasteiger partial charge on any atom is 0.510 e. The van der Waals surface area contributed by atoms with Gasteiger partial charge in [0.1, 0.15) is 5.82 Å². The van der Waals surface area contributed by atoms with Crippen LogP contribution in [0.3, 0.4) is 0 Å². The zero-order valence-electron chi connectivity index (χ0n) is 21.4. The van der Waals surface area contributed by atoms with Gasteiger partial charge in [-0.2, -0.15) is 13.2 Å². The Bertz CT molecular complexity index is 1200. The summed E-state index contributed by atoms with van der Waals surface area (Å²) in [5, 5.41) is 0. The molecule has 0 fully saturated rings. The summed E-state index contributed by atoms with van der Waals surface area (Å²) < 4.78 is 97.4. The van der Waals surface area contributed by atoms with Crippen LogP contribution in [0, 0.1) is 17.5 Å². The number of benzene rings is 1. The average Bonchev–Trinajstić information content (AvgIpc) is 3.19. The summed E-state index contributed by atoms with van der Waals surface area (Å²) in [6.07, 6.45) is -8.01. The van der Waals surface area contributed by atoms with Crippen molar-refractivity contribution < 1.29 is 50.1 Å². The predicted octanol–water partition coefficient (Wildman–Crippen LogP) is 4.05. The van der Waals surface area contributed by atoms with Crippen LogP contribution in [0.15, 0.2) is 12.1 Å². The molecule has 1 amide bonds. The van der Waals surface area contributed by atoms with Crippen molar-refractivity contribution in [2.24, 2.45) is 5.73 Å². The lowest BCUT2D eigenvalue weighted by Crippen LogP contribution is -2.42. The van der Waals surface area contributed by atoms with Gasteiger partial charge >= 0.3 is 12.3 Å². The SMILES string of the molecule is CC(C)OC(=O)OC(C)OCc1nc(C(F)(F)F)n2c1CN(C(=O)C[C@H](N)Cc1cc(F)c(F)cc1F)CC2. The molecule has 2 aromatic rings. The number of hydrogen-bond acceptors (Lipinski definition) is 7. The smallest absolute Gasteiger partial charge is 0.432 e. The minimum atomic E-state index is -4.78. The van der Waals surface area contributed by atoms with Crippen LogP contribution in [-0.4, -0.2) is 51.5 Å². The van der Waals surface area contributed by atoms with E-state index in [1.165, 1.54) is 11.8 Å². The number of halogens is 6. The number of hydrogen-bond donors (Lipinski definition) is 1. The molecule has 0 saturated heterocycles. The Kier molecular flexibility index (Phi) is 9.48. The van der Waals surface area contributed by atoms with Gasteiger partial charge in [-0.15, -0.1) is 0 Å². The van der Waals surface area contributed by atoms with Gasteiger partial charge in [-0.1, -0.05) is 0 Å². The van der Waals surface area contributed by atoms with Crippen LogP contribution in [0.4, 0.5) is 31.1 Å². The van der Waals surface area contributed by atoms with Crippen LogP contribution in [-0.2, 0) is 51.3 Å². The first kappa shape index (κ1) is 30.2. The fourth-order valence-electron chi connectivity index (χ4n) is 3.99. The van der Waals surface area contributed by atoms with Crippen LogP contribution < -0.4 is 5.73 Å². The molecule has 0 aliphatic carbocycles. The number of alkyl halides is 3. The Morgan fingerprint density at radius 2 is 1.72 bits per heavy atom. The highest BCUT2D eigenvalue weighted by atomic mass is 19.4. The molecule has 2 N–H and O–H groups in total. The van der Waals surface area contributed by atoms with Crippen molar-refractivity contribution >= 4 is 12.1 Å². The van der Waals surface area contributed by atoms with Crippen molar-refractivity contribution in [1.29, 1.82) is 0 Å². The highest BCUT2D eigenvalue weighted by molar-refractivity contribution is 5.77. The number of imidazole rings is 1. The molecule has 1 unspecified atom stereocenters. The van der Waals surface area contributed by atoms with Crippen molar-refractivity contribution in [2.45, 2.75) is 77.9 Å². The van der Waals surface area contributed by atoms with Gasteiger partial charge in [-0.05, 0) is 38.8 Å². The zero-order valence-corrected chi connectivity index (χ0v) is 21.4. The summed E-state index contributed by atoms with van der Waals surface area (Å²) in [4.78, 5) is 29.4. The van der Waals surface area contributed by atoms with Crippen molar-refractivity contribution in [2.75, 3.05) is 6.54 Å². The molecule has 15 heteroatoms. The quantitative estimate of drug-likeness (QED) is 0.211. The van der Waals surface area contributed by atoms with Crippen molar-refractivity contribution in [3.63, 3.8) is 0 Å². The van der Waals surface area contributed by atoms with Crippen molar-refractivity contribution in [1.82, 2.24) is 14.5 Å². The van der Waals surface area contributed by atoms with Crippen LogP contribution in [0.5, 0.6) is 0 Å². The third-order valence-corrected chi connectivity index (χ3v) is 5.75. The van der Waals surface area contributed by atoms with E-state index in [0.717, 1.165) is 4.57 Å². The molecule has 3 rings (SSSR count). The molecule has 1 aromatic heterocycles. The molecular weight excluding hydrogens is 538 g/mol. The lowest BCUT2D eigenvalue weighted by Gasteiger charge is -2.30. The third-order valence-electron chi connectivity index (χ3n) is 5.75. The Hall–Kier alpha value is -3.33. The zero-order chi connectivity index (χ0) is 29.1. The molecular formula is C24H28F6N4O5. The summed E-state index contributed by atoms with van der Waals surface area (Å²) in [7, 11) is 0. The van der Waals surface area contributed by atoms with E-state index in [-0.39, 0.29) is 49.4 Å². The van der Waals surface area contributed by atoms with Crippen LogP contribution >= 0.6 is 0 Å². The van der Waals surface area contributed by atoms with Gasteiger partial charge in [0, 0.05) is 31.6 Å². The van der Waals surface area contributed by atoms with Gasteiger partial charge in [0.15, 0.2) is 11.6 Å². The highest BCUT2D eigenvalue weighted by Gasteiger charge is 2.40. The summed E-state index contributed by atoms with van der Waals surface area (Å²) in [6.45, 7) is 3.53. The summed E-state index contributed by atoms with van der Waals surface area (Å²) in [6, 6.07) is 0.0688. The van der Waals surface area contributed by atoms with E-state index < -0.39 is 66.6 Å². The molecule has 1 aromatic carbocycles. The van der Waals surface area contributed by atoms with E-state index in [0.29, 0.717) is 12.1 Å². The van der Waals surface area contributed by atoms with Gasteiger partial charge in [0.2, 0.25) is 18.0 Å². The number of carbonyl (C=O) groups excluding carboxylic acids is 2. The van der Waals surface area contributed by atoms with Crippen molar-refractivity contribution in [3.8, 4) is 0 Å². The Morgan fingerprint density at radius 3 is 2.36 bits per heavy atom. The van der Waals surface area contributed by atoms with Crippen LogP contribution in [0.2, 0.25) is 0 Å². The molecule has 0 bridgehead atoms. The maximum atomic E-state index is 13.9. The van der Waals surface area contributed by atoms with Crippen LogP contribution in [0.1, 0.15) is 50.0 Å². The highest BCUT2D eigenvalue weighted by Crippen LogP contribution is 2.33. The molecule has 39 heavy (non-hydrogen) atoms. The molecule has 1 aliphatic rings. The number of rotatable bonds is 9. The second kappa shape index (κ2) is 12.2. The third kappa shape index (κ3) is 7.85. The van der Waals surface area contributed by atoms with E-state index >= 15 is 0 Å². The van der Waals surface area contributed by atoms with Gasteiger partial charge in [-0.3, -0.25) is 4.79 Å². The number of ether oxygens (including phenoxy) is 3. The summed E-state index contributed by atoms with van der Waals surface area (Å²) >= 11 is 0. The maximum absolute atomic E-state index is 13.9. The average molecular weight is 566 g/mol. The lowest BCUT2D eigenvalue weighted by molar-refractivity contribution is -0.148. The molecule has 216 valence electrons. The molecule has 0 radical (unpaired) electrons. The van der Waals surface area contributed by atoms with E-state index in [1.807, 2.05) is 0 Å².